The molecular weight excluding hydrogens is 498 g/mol. The molecule has 1 aromatic heterocycles. The van der Waals surface area contributed by atoms with E-state index in [1.54, 1.807) is 18.2 Å². The maximum atomic E-state index is 13.3. The van der Waals surface area contributed by atoms with Crippen molar-refractivity contribution >= 4 is 23.2 Å². The van der Waals surface area contributed by atoms with Gasteiger partial charge in [-0.1, -0.05) is 24.3 Å². The zero-order valence-corrected chi connectivity index (χ0v) is 22.5. The summed E-state index contributed by atoms with van der Waals surface area (Å²) in [5.41, 5.74) is 4.59. The second kappa shape index (κ2) is 10.8. The first-order valence-electron chi connectivity index (χ1n) is 13.4. The Kier molecular flexibility index (Phi) is 7.08. The standard InChI is InChI=1S/C30H33N3O4S/c1-21-5-2-3-6-23(21)29-24-11-18-38-27(24)9-14-32(29)15-10-28(34)31-12-4-13-33(17-16-31)30(35)22-7-8-25-26(19-22)37-20-36-25/h2-3,5-8,11,18-19,29H,4,9-10,12-17,20H2,1H3/t29-/m1/s1. The van der Waals surface area contributed by atoms with Crippen molar-refractivity contribution in [1.82, 2.24) is 14.7 Å². The largest absolute Gasteiger partial charge is 0.454 e. The van der Waals surface area contributed by atoms with Crippen LogP contribution in [-0.2, 0) is 11.2 Å². The highest BCUT2D eigenvalue weighted by Crippen LogP contribution is 2.39. The van der Waals surface area contributed by atoms with Gasteiger partial charge in [-0.3, -0.25) is 14.5 Å². The molecule has 198 valence electrons. The highest BCUT2D eigenvalue weighted by molar-refractivity contribution is 7.10. The molecule has 0 unspecified atom stereocenters. The smallest absolute Gasteiger partial charge is 0.254 e. The van der Waals surface area contributed by atoms with Gasteiger partial charge in [0.1, 0.15) is 0 Å². The van der Waals surface area contributed by atoms with Crippen LogP contribution in [0.4, 0.5) is 0 Å². The van der Waals surface area contributed by atoms with E-state index in [9.17, 15) is 9.59 Å². The second-order valence-electron chi connectivity index (χ2n) is 10.2. The molecular formula is C30H33N3O4S. The Balaban J connectivity index is 1.09. The molecule has 0 saturated carbocycles. The van der Waals surface area contributed by atoms with Gasteiger partial charge in [-0.15, -0.1) is 11.3 Å². The van der Waals surface area contributed by atoms with Crippen molar-refractivity contribution in [2.45, 2.75) is 32.2 Å². The van der Waals surface area contributed by atoms with Gasteiger partial charge < -0.3 is 19.3 Å². The van der Waals surface area contributed by atoms with Gasteiger partial charge in [-0.2, -0.15) is 0 Å². The number of carbonyl (C=O) groups excluding carboxylic acids is 2. The Morgan fingerprint density at radius 1 is 0.921 bits per heavy atom. The van der Waals surface area contributed by atoms with Crippen LogP contribution in [0.3, 0.4) is 0 Å². The van der Waals surface area contributed by atoms with Gasteiger partial charge in [0.2, 0.25) is 12.7 Å². The van der Waals surface area contributed by atoms with Crippen LogP contribution in [0.1, 0.15) is 50.8 Å². The molecule has 0 aliphatic carbocycles. The number of rotatable bonds is 5. The fraction of sp³-hybridized carbons (Fsp3) is 0.400. The summed E-state index contributed by atoms with van der Waals surface area (Å²) >= 11 is 1.84. The number of hydrogen-bond donors (Lipinski definition) is 0. The Morgan fingerprint density at radius 3 is 2.63 bits per heavy atom. The maximum Gasteiger partial charge on any atom is 0.254 e. The average molecular weight is 532 g/mol. The molecule has 2 amide bonds. The summed E-state index contributed by atoms with van der Waals surface area (Å²) in [6.45, 7) is 6.45. The van der Waals surface area contributed by atoms with E-state index in [0.717, 1.165) is 25.9 Å². The van der Waals surface area contributed by atoms with Crippen molar-refractivity contribution in [3.63, 3.8) is 0 Å². The number of carbonyl (C=O) groups is 2. The van der Waals surface area contributed by atoms with Crippen molar-refractivity contribution in [2.75, 3.05) is 46.1 Å². The van der Waals surface area contributed by atoms with Crippen LogP contribution >= 0.6 is 11.3 Å². The van der Waals surface area contributed by atoms with Crippen LogP contribution in [-0.4, -0.2) is 72.6 Å². The van der Waals surface area contributed by atoms with Crippen LogP contribution in [0.15, 0.2) is 53.9 Å². The fourth-order valence-corrected chi connectivity index (χ4v) is 6.75. The number of aryl methyl sites for hydroxylation is 1. The molecule has 6 rings (SSSR count). The third-order valence-electron chi connectivity index (χ3n) is 7.92. The van der Waals surface area contributed by atoms with E-state index >= 15 is 0 Å². The number of nitrogens with zero attached hydrogens (tertiary/aromatic N) is 3. The molecule has 1 fully saturated rings. The summed E-state index contributed by atoms with van der Waals surface area (Å²) < 4.78 is 10.8. The van der Waals surface area contributed by atoms with Gasteiger partial charge in [-0.05, 0) is 66.1 Å². The van der Waals surface area contributed by atoms with E-state index in [1.165, 1.54) is 21.6 Å². The van der Waals surface area contributed by atoms with Crippen molar-refractivity contribution in [3.05, 3.63) is 81.0 Å². The Morgan fingerprint density at radius 2 is 1.74 bits per heavy atom. The number of thiophene rings is 1. The minimum atomic E-state index is -0.0291. The topological polar surface area (TPSA) is 62.3 Å². The first-order valence-corrected chi connectivity index (χ1v) is 14.3. The normalized spacial score (nSPS) is 19.2. The van der Waals surface area contributed by atoms with Crippen LogP contribution in [0.25, 0.3) is 0 Å². The lowest BCUT2D eigenvalue weighted by molar-refractivity contribution is -0.131. The average Bonchev–Trinajstić information content (AvgIpc) is 3.54. The zero-order chi connectivity index (χ0) is 26.1. The summed E-state index contributed by atoms with van der Waals surface area (Å²) in [5, 5.41) is 2.19. The molecule has 0 radical (unpaired) electrons. The van der Waals surface area contributed by atoms with Gasteiger partial charge >= 0.3 is 0 Å². The molecule has 2 aromatic carbocycles. The van der Waals surface area contributed by atoms with Crippen LogP contribution < -0.4 is 9.47 Å². The van der Waals surface area contributed by atoms with E-state index < -0.39 is 0 Å². The van der Waals surface area contributed by atoms with Crippen molar-refractivity contribution in [1.29, 1.82) is 0 Å². The Hall–Kier alpha value is -3.36. The summed E-state index contributed by atoms with van der Waals surface area (Å²) in [6, 6.07) is 16.4. The lowest BCUT2D eigenvalue weighted by Crippen LogP contribution is -2.41. The summed E-state index contributed by atoms with van der Waals surface area (Å²) in [6.07, 6.45) is 2.29. The number of benzene rings is 2. The molecule has 4 heterocycles. The number of fused-ring (bicyclic) bond motifs is 2. The van der Waals surface area contributed by atoms with E-state index in [1.807, 2.05) is 21.1 Å². The predicted molar refractivity (Wildman–Crippen MR) is 147 cm³/mol. The first kappa shape index (κ1) is 24.9. The predicted octanol–water partition coefficient (Wildman–Crippen LogP) is 4.50. The van der Waals surface area contributed by atoms with E-state index in [4.69, 9.17) is 9.47 Å². The number of hydrogen-bond acceptors (Lipinski definition) is 6. The third-order valence-corrected chi connectivity index (χ3v) is 8.91. The molecule has 3 aliphatic heterocycles. The van der Waals surface area contributed by atoms with Crippen LogP contribution in [0.5, 0.6) is 11.5 Å². The molecule has 1 saturated heterocycles. The van der Waals surface area contributed by atoms with E-state index in [0.29, 0.717) is 49.7 Å². The fourth-order valence-electron chi connectivity index (χ4n) is 5.85. The van der Waals surface area contributed by atoms with Crippen molar-refractivity contribution < 1.29 is 19.1 Å². The monoisotopic (exact) mass is 531 g/mol. The van der Waals surface area contributed by atoms with Crippen molar-refractivity contribution in [3.8, 4) is 11.5 Å². The highest BCUT2D eigenvalue weighted by Gasteiger charge is 2.31. The molecule has 38 heavy (non-hydrogen) atoms. The molecule has 7 nitrogen and oxygen atoms in total. The number of ether oxygens (including phenoxy) is 2. The van der Waals surface area contributed by atoms with Crippen LogP contribution in [0, 0.1) is 6.92 Å². The summed E-state index contributed by atoms with van der Waals surface area (Å²) in [5.74, 6) is 1.42. The SMILES string of the molecule is Cc1ccccc1[C@@H]1c2ccsc2CCN1CCC(=O)N1CCCN(C(=O)c2ccc3c(c2)OCO3)CC1. The zero-order valence-electron chi connectivity index (χ0n) is 21.7. The minimum absolute atomic E-state index is 0.0291. The Labute approximate surface area is 227 Å². The highest BCUT2D eigenvalue weighted by atomic mass is 32.1. The lowest BCUT2D eigenvalue weighted by atomic mass is 9.90. The third kappa shape index (κ3) is 4.90. The van der Waals surface area contributed by atoms with Gasteiger partial charge in [0.25, 0.3) is 5.91 Å². The molecule has 3 aliphatic rings. The lowest BCUT2D eigenvalue weighted by Gasteiger charge is -2.37. The van der Waals surface area contributed by atoms with Crippen molar-refractivity contribution in [2.24, 2.45) is 0 Å². The van der Waals surface area contributed by atoms with Gasteiger partial charge in [0.05, 0.1) is 6.04 Å². The van der Waals surface area contributed by atoms with E-state index in [-0.39, 0.29) is 24.6 Å². The first-order chi connectivity index (χ1) is 18.6. The Bertz CT molecular complexity index is 1340. The molecule has 0 N–H and O–H groups in total. The molecule has 0 bridgehead atoms. The molecule has 3 aromatic rings. The maximum absolute atomic E-state index is 13.3. The van der Waals surface area contributed by atoms with E-state index in [2.05, 4.69) is 47.5 Å². The molecule has 8 heteroatoms. The summed E-state index contributed by atoms with van der Waals surface area (Å²) in [4.78, 5) is 34.2. The quantitative estimate of drug-likeness (QED) is 0.485. The second-order valence-corrected chi connectivity index (χ2v) is 11.2. The molecule has 0 spiro atoms. The van der Waals surface area contributed by atoms with Gasteiger partial charge in [0, 0.05) is 56.1 Å². The molecule has 1 atom stereocenters. The van der Waals surface area contributed by atoms with Gasteiger partial charge in [-0.25, -0.2) is 0 Å². The van der Waals surface area contributed by atoms with Gasteiger partial charge in [0.15, 0.2) is 11.5 Å². The van der Waals surface area contributed by atoms with Crippen LogP contribution in [0.2, 0.25) is 0 Å². The number of amides is 2. The minimum Gasteiger partial charge on any atom is -0.454 e. The summed E-state index contributed by atoms with van der Waals surface area (Å²) in [7, 11) is 0.